The fourth-order valence-electron chi connectivity index (χ4n) is 2.84. The zero-order valence-electron chi connectivity index (χ0n) is 15.8. The molecule has 2 aromatic rings. The molecule has 2 aromatic carbocycles. The maximum Gasteiger partial charge on any atom is 0.267 e. The summed E-state index contributed by atoms with van der Waals surface area (Å²) in [5.74, 6) is -0.447. The molecule has 0 saturated heterocycles. The SMILES string of the molecule is CCc1cccc(C)c1NC(=O)/C(C#N)=C\N(CCO)Cc1ccccc1. The molecule has 0 atom stereocenters. The zero-order valence-corrected chi connectivity index (χ0v) is 15.8. The minimum atomic E-state index is -0.447. The molecule has 2 rings (SSSR count). The summed E-state index contributed by atoms with van der Waals surface area (Å²) in [5.41, 5.74) is 3.77. The van der Waals surface area contributed by atoms with Gasteiger partial charge >= 0.3 is 0 Å². The van der Waals surface area contributed by atoms with Gasteiger partial charge in [0.2, 0.25) is 0 Å². The molecule has 0 radical (unpaired) electrons. The van der Waals surface area contributed by atoms with E-state index in [1.54, 1.807) is 4.90 Å². The maximum absolute atomic E-state index is 12.7. The predicted molar refractivity (Wildman–Crippen MR) is 107 cm³/mol. The molecule has 1 amide bonds. The van der Waals surface area contributed by atoms with Crippen LogP contribution >= 0.6 is 0 Å². The Morgan fingerprint density at radius 3 is 2.59 bits per heavy atom. The fourth-order valence-corrected chi connectivity index (χ4v) is 2.84. The van der Waals surface area contributed by atoms with E-state index in [0.29, 0.717) is 13.1 Å². The van der Waals surface area contributed by atoms with Gasteiger partial charge in [-0.05, 0) is 30.0 Å². The molecule has 0 aliphatic rings. The zero-order chi connectivity index (χ0) is 19.6. The minimum absolute atomic E-state index is 0.00434. The third kappa shape index (κ3) is 5.70. The maximum atomic E-state index is 12.7. The van der Waals surface area contributed by atoms with Crippen LogP contribution in [0.15, 0.2) is 60.3 Å². The molecule has 0 spiro atoms. The summed E-state index contributed by atoms with van der Waals surface area (Å²) in [6, 6.07) is 17.5. The molecule has 0 heterocycles. The summed E-state index contributed by atoms with van der Waals surface area (Å²) in [7, 11) is 0. The number of para-hydroxylation sites is 1. The summed E-state index contributed by atoms with van der Waals surface area (Å²) in [6.45, 7) is 4.72. The van der Waals surface area contributed by atoms with Crippen LogP contribution in [0, 0.1) is 18.3 Å². The van der Waals surface area contributed by atoms with Gasteiger partial charge in [0.15, 0.2) is 0 Å². The number of hydrogen-bond acceptors (Lipinski definition) is 4. The van der Waals surface area contributed by atoms with Crippen LogP contribution in [0.2, 0.25) is 0 Å². The molecule has 140 valence electrons. The quantitative estimate of drug-likeness (QED) is 0.557. The number of hydrogen-bond donors (Lipinski definition) is 2. The number of rotatable bonds is 8. The number of carbonyl (C=O) groups excluding carboxylic acids is 1. The van der Waals surface area contributed by atoms with E-state index in [1.807, 2.05) is 68.4 Å². The average molecular weight is 363 g/mol. The molecule has 5 nitrogen and oxygen atoms in total. The van der Waals surface area contributed by atoms with Crippen LogP contribution < -0.4 is 5.32 Å². The molecule has 0 saturated carbocycles. The van der Waals surface area contributed by atoms with Crippen molar-refractivity contribution in [2.45, 2.75) is 26.8 Å². The van der Waals surface area contributed by atoms with Crippen molar-refractivity contribution in [3.63, 3.8) is 0 Å². The lowest BCUT2D eigenvalue weighted by atomic mass is 10.1. The number of aryl methyl sites for hydroxylation is 2. The second kappa shape index (κ2) is 10.1. The van der Waals surface area contributed by atoms with Crippen molar-refractivity contribution in [1.29, 1.82) is 5.26 Å². The highest BCUT2D eigenvalue weighted by Crippen LogP contribution is 2.21. The Hall–Kier alpha value is -3.10. The van der Waals surface area contributed by atoms with Gasteiger partial charge in [0.25, 0.3) is 5.91 Å². The Balaban J connectivity index is 2.22. The second-order valence-electron chi connectivity index (χ2n) is 6.25. The third-order valence-electron chi connectivity index (χ3n) is 4.27. The van der Waals surface area contributed by atoms with E-state index in [2.05, 4.69) is 5.32 Å². The van der Waals surface area contributed by atoms with Crippen molar-refractivity contribution in [2.24, 2.45) is 0 Å². The van der Waals surface area contributed by atoms with Crippen molar-refractivity contribution >= 4 is 11.6 Å². The standard InChI is InChI=1S/C22H25N3O2/c1-3-19-11-7-8-17(2)21(19)24-22(27)20(14-23)16-25(12-13-26)15-18-9-5-4-6-10-18/h4-11,16,26H,3,12-13,15H2,1-2H3,(H,24,27)/b20-16-. The summed E-state index contributed by atoms with van der Waals surface area (Å²) in [6.07, 6.45) is 2.30. The molecule has 0 bridgehead atoms. The molecule has 0 aliphatic heterocycles. The first kappa shape index (κ1) is 20.2. The van der Waals surface area contributed by atoms with E-state index >= 15 is 0 Å². The first-order chi connectivity index (χ1) is 13.1. The Labute approximate surface area is 160 Å². The highest BCUT2D eigenvalue weighted by Gasteiger charge is 2.14. The van der Waals surface area contributed by atoms with Crippen molar-refractivity contribution in [2.75, 3.05) is 18.5 Å². The van der Waals surface area contributed by atoms with Gasteiger partial charge in [-0.2, -0.15) is 5.26 Å². The van der Waals surface area contributed by atoms with Gasteiger partial charge in [0.05, 0.1) is 6.61 Å². The van der Waals surface area contributed by atoms with Crippen LogP contribution in [-0.4, -0.2) is 29.1 Å². The predicted octanol–water partition coefficient (Wildman–Crippen LogP) is 3.40. The third-order valence-corrected chi connectivity index (χ3v) is 4.27. The Bertz CT molecular complexity index is 838. The molecule has 0 aromatic heterocycles. The van der Waals surface area contributed by atoms with Crippen molar-refractivity contribution in [1.82, 2.24) is 4.90 Å². The number of nitriles is 1. The molecule has 0 aliphatic carbocycles. The fraction of sp³-hybridized carbons (Fsp3) is 0.273. The highest BCUT2D eigenvalue weighted by molar-refractivity contribution is 6.07. The lowest BCUT2D eigenvalue weighted by Gasteiger charge is -2.20. The minimum Gasteiger partial charge on any atom is -0.395 e. The monoisotopic (exact) mass is 363 g/mol. The van der Waals surface area contributed by atoms with Gasteiger partial charge in [-0.3, -0.25) is 4.79 Å². The van der Waals surface area contributed by atoms with Crippen LogP contribution in [0.5, 0.6) is 0 Å². The van der Waals surface area contributed by atoms with Crippen molar-refractivity contribution in [3.8, 4) is 6.07 Å². The first-order valence-electron chi connectivity index (χ1n) is 8.99. The van der Waals surface area contributed by atoms with Gasteiger partial charge in [-0.25, -0.2) is 0 Å². The Kier molecular flexibility index (Phi) is 7.60. The molecule has 0 fully saturated rings. The van der Waals surface area contributed by atoms with E-state index < -0.39 is 5.91 Å². The van der Waals surface area contributed by atoms with Crippen molar-refractivity contribution < 1.29 is 9.90 Å². The van der Waals surface area contributed by atoms with Gasteiger partial charge in [-0.1, -0.05) is 55.5 Å². The lowest BCUT2D eigenvalue weighted by molar-refractivity contribution is -0.112. The molecule has 5 heteroatoms. The molecular formula is C22H25N3O2. The number of anilines is 1. The van der Waals surface area contributed by atoms with Crippen LogP contribution in [0.3, 0.4) is 0 Å². The molecule has 27 heavy (non-hydrogen) atoms. The van der Waals surface area contributed by atoms with Gasteiger partial charge < -0.3 is 15.3 Å². The van der Waals surface area contributed by atoms with Crippen molar-refractivity contribution in [3.05, 3.63) is 77.0 Å². The number of aliphatic hydroxyl groups excluding tert-OH is 1. The van der Waals surface area contributed by atoms with Gasteiger partial charge in [0.1, 0.15) is 11.6 Å². The van der Waals surface area contributed by atoms with Gasteiger partial charge in [0, 0.05) is 25.0 Å². The first-order valence-corrected chi connectivity index (χ1v) is 8.99. The van der Waals surface area contributed by atoms with E-state index in [-0.39, 0.29) is 12.2 Å². The van der Waals surface area contributed by atoms with Crippen LogP contribution in [0.4, 0.5) is 5.69 Å². The summed E-state index contributed by atoms with van der Waals surface area (Å²) >= 11 is 0. The van der Waals surface area contributed by atoms with Crippen LogP contribution in [0.25, 0.3) is 0 Å². The largest absolute Gasteiger partial charge is 0.395 e. The number of nitrogens with zero attached hydrogens (tertiary/aromatic N) is 2. The smallest absolute Gasteiger partial charge is 0.267 e. The summed E-state index contributed by atoms with van der Waals surface area (Å²) in [4.78, 5) is 14.4. The summed E-state index contributed by atoms with van der Waals surface area (Å²) < 4.78 is 0. The second-order valence-corrected chi connectivity index (χ2v) is 6.25. The normalized spacial score (nSPS) is 11.0. The molecular weight excluding hydrogens is 338 g/mol. The number of amides is 1. The summed E-state index contributed by atoms with van der Waals surface area (Å²) in [5, 5.41) is 21.7. The number of aliphatic hydroxyl groups is 1. The average Bonchev–Trinajstić information content (AvgIpc) is 2.68. The number of benzene rings is 2. The van der Waals surface area contributed by atoms with Gasteiger partial charge in [-0.15, -0.1) is 0 Å². The molecule has 0 unspecified atom stereocenters. The van der Waals surface area contributed by atoms with E-state index in [1.165, 1.54) is 6.20 Å². The van der Waals surface area contributed by atoms with E-state index in [0.717, 1.165) is 28.8 Å². The molecule has 2 N–H and O–H groups in total. The highest BCUT2D eigenvalue weighted by atomic mass is 16.3. The Morgan fingerprint density at radius 2 is 1.96 bits per heavy atom. The number of carbonyl (C=O) groups is 1. The lowest BCUT2D eigenvalue weighted by Crippen LogP contribution is -2.24. The van der Waals surface area contributed by atoms with E-state index in [9.17, 15) is 15.2 Å². The van der Waals surface area contributed by atoms with Crippen LogP contribution in [0.1, 0.15) is 23.6 Å². The van der Waals surface area contributed by atoms with E-state index in [4.69, 9.17) is 0 Å². The van der Waals surface area contributed by atoms with Crippen LogP contribution in [-0.2, 0) is 17.8 Å². The topological polar surface area (TPSA) is 76.4 Å². The number of nitrogens with one attached hydrogen (secondary N) is 1. The Morgan fingerprint density at radius 1 is 1.22 bits per heavy atom.